The molecule has 142 valence electrons. The van der Waals surface area contributed by atoms with Crippen LogP contribution < -0.4 is 10.3 Å². The Morgan fingerprint density at radius 1 is 0.931 bits per heavy atom. The van der Waals surface area contributed by atoms with Gasteiger partial charge >= 0.3 is 5.97 Å². The molecule has 3 aromatic carbocycles. The van der Waals surface area contributed by atoms with E-state index in [-0.39, 0.29) is 18.5 Å². The van der Waals surface area contributed by atoms with E-state index in [9.17, 15) is 9.59 Å². The van der Waals surface area contributed by atoms with E-state index in [2.05, 4.69) is 4.98 Å². The van der Waals surface area contributed by atoms with E-state index >= 15 is 0 Å². The highest BCUT2D eigenvalue weighted by Gasteiger charge is 2.11. The molecule has 6 nitrogen and oxygen atoms in total. The van der Waals surface area contributed by atoms with Crippen LogP contribution in [0.15, 0.2) is 82.3 Å². The molecule has 6 heteroatoms. The van der Waals surface area contributed by atoms with Crippen molar-refractivity contribution in [2.24, 2.45) is 0 Å². The van der Waals surface area contributed by atoms with Crippen molar-refractivity contribution in [2.45, 2.75) is 13.0 Å². The molecule has 0 unspecified atom stereocenters. The van der Waals surface area contributed by atoms with Gasteiger partial charge in [0.15, 0.2) is 0 Å². The Labute approximate surface area is 165 Å². The molecule has 0 aliphatic rings. The van der Waals surface area contributed by atoms with Crippen LogP contribution >= 0.6 is 0 Å². The van der Waals surface area contributed by atoms with Gasteiger partial charge in [-0.3, -0.25) is 14.2 Å². The zero-order valence-electron chi connectivity index (χ0n) is 15.4. The number of hydrogen-bond acceptors (Lipinski definition) is 5. The molecule has 0 saturated heterocycles. The molecule has 2 aromatic heterocycles. The molecule has 2 heterocycles. The third-order valence-corrected chi connectivity index (χ3v) is 4.87. The Hall–Kier alpha value is -3.93. The molecule has 0 aliphatic heterocycles. The molecular weight excluding hydrogens is 368 g/mol. The van der Waals surface area contributed by atoms with Crippen molar-refractivity contribution < 1.29 is 13.9 Å². The predicted molar refractivity (Wildman–Crippen MR) is 110 cm³/mol. The Bertz CT molecular complexity index is 1430. The van der Waals surface area contributed by atoms with Crippen molar-refractivity contribution in [1.29, 1.82) is 0 Å². The van der Waals surface area contributed by atoms with E-state index in [4.69, 9.17) is 9.15 Å². The highest BCUT2D eigenvalue weighted by molar-refractivity contribution is 6.05. The lowest BCUT2D eigenvalue weighted by atomic mass is 10.1. The lowest BCUT2D eigenvalue weighted by Gasteiger charge is -2.07. The number of ether oxygens (including phenoxy) is 1. The molecule has 0 radical (unpaired) electrons. The lowest BCUT2D eigenvalue weighted by molar-refractivity contribution is -0.134. The van der Waals surface area contributed by atoms with Crippen LogP contribution in [0.1, 0.15) is 6.42 Å². The molecule has 29 heavy (non-hydrogen) atoms. The van der Waals surface area contributed by atoms with Gasteiger partial charge in [-0.15, -0.1) is 0 Å². The smallest absolute Gasteiger partial charge is 0.312 e. The predicted octanol–water partition coefficient (Wildman–Crippen LogP) is 4.29. The number of furan rings is 1. The maximum atomic E-state index is 12.5. The summed E-state index contributed by atoms with van der Waals surface area (Å²) < 4.78 is 12.7. The normalized spacial score (nSPS) is 11.3. The largest absolute Gasteiger partial charge is 0.456 e. The summed E-state index contributed by atoms with van der Waals surface area (Å²) in [6.07, 6.45) is 1.52. The van der Waals surface area contributed by atoms with Crippen LogP contribution in [-0.4, -0.2) is 15.5 Å². The molecule has 0 bridgehead atoms. The van der Waals surface area contributed by atoms with Gasteiger partial charge in [0.25, 0.3) is 5.56 Å². The Balaban J connectivity index is 1.34. The van der Waals surface area contributed by atoms with E-state index < -0.39 is 5.97 Å². The molecule has 0 saturated carbocycles. The van der Waals surface area contributed by atoms with E-state index in [1.54, 1.807) is 36.4 Å². The summed E-state index contributed by atoms with van der Waals surface area (Å²) in [4.78, 5) is 29.1. The van der Waals surface area contributed by atoms with Crippen molar-refractivity contribution >= 4 is 38.8 Å². The third-order valence-electron chi connectivity index (χ3n) is 4.87. The van der Waals surface area contributed by atoms with Crippen LogP contribution in [0, 0.1) is 0 Å². The fraction of sp³-hybridized carbons (Fsp3) is 0.0870. The number of carbonyl (C=O) groups excluding carboxylic acids is 1. The van der Waals surface area contributed by atoms with E-state index in [0.29, 0.717) is 16.7 Å². The van der Waals surface area contributed by atoms with E-state index in [1.165, 1.54) is 10.9 Å². The first-order chi connectivity index (χ1) is 14.2. The number of rotatable bonds is 4. The first-order valence-electron chi connectivity index (χ1n) is 9.25. The molecular formula is C23H16N2O4. The second-order valence-corrected chi connectivity index (χ2v) is 6.74. The monoisotopic (exact) mass is 384 g/mol. The third kappa shape index (κ3) is 3.14. The van der Waals surface area contributed by atoms with E-state index in [0.717, 1.165) is 21.9 Å². The van der Waals surface area contributed by atoms with Gasteiger partial charge in [0.05, 0.1) is 23.7 Å². The minimum atomic E-state index is -0.419. The molecule has 5 rings (SSSR count). The van der Waals surface area contributed by atoms with Gasteiger partial charge in [0.1, 0.15) is 16.9 Å². The molecule has 0 spiro atoms. The van der Waals surface area contributed by atoms with Crippen molar-refractivity contribution in [3.05, 3.63) is 83.4 Å². The zero-order valence-corrected chi connectivity index (χ0v) is 15.4. The fourth-order valence-electron chi connectivity index (χ4n) is 3.43. The van der Waals surface area contributed by atoms with Crippen LogP contribution in [-0.2, 0) is 11.3 Å². The lowest BCUT2D eigenvalue weighted by Crippen LogP contribution is -2.23. The maximum absolute atomic E-state index is 12.5. The van der Waals surface area contributed by atoms with Crippen LogP contribution in [0.5, 0.6) is 5.75 Å². The summed E-state index contributed by atoms with van der Waals surface area (Å²) in [5.41, 5.74) is 1.99. The van der Waals surface area contributed by atoms with Gasteiger partial charge < -0.3 is 9.15 Å². The summed E-state index contributed by atoms with van der Waals surface area (Å²) >= 11 is 0. The Kier molecular flexibility index (Phi) is 4.09. The van der Waals surface area contributed by atoms with Crippen LogP contribution in [0.4, 0.5) is 0 Å². The van der Waals surface area contributed by atoms with Gasteiger partial charge in [-0.2, -0.15) is 0 Å². The molecule has 0 fully saturated rings. The zero-order chi connectivity index (χ0) is 19.8. The molecule has 0 N–H and O–H groups in total. The molecule has 5 aromatic rings. The minimum Gasteiger partial charge on any atom is -0.456 e. The first kappa shape index (κ1) is 17.2. The highest BCUT2D eigenvalue weighted by atomic mass is 16.5. The first-order valence-corrected chi connectivity index (χ1v) is 9.25. The SMILES string of the molecule is O=C(CCn1cnc2ccccc2c1=O)Oc1ccc2oc3ccccc3c2c1. The average molecular weight is 384 g/mol. The minimum absolute atomic E-state index is 0.0596. The summed E-state index contributed by atoms with van der Waals surface area (Å²) in [5.74, 6) is 0.0234. The standard InChI is InChI=1S/C23H16N2O4/c26-22(11-12-25-14-24-19-7-3-1-6-17(19)23(25)27)28-15-9-10-21-18(13-15)16-5-2-4-8-20(16)29-21/h1-10,13-14H,11-12H2. The van der Waals surface area contributed by atoms with Gasteiger partial charge in [-0.25, -0.2) is 4.98 Å². The van der Waals surface area contributed by atoms with Gasteiger partial charge in [0, 0.05) is 17.3 Å². The number of benzene rings is 3. The average Bonchev–Trinajstić information content (AvgIpc) is 3.11. The number of carbonyl (C=O) groups is 1. The summed E-state index contributed by atoms with van der Waals surface area (Å²) in [6.45, 7) is 0.201. The highest BCUT2D eigenvalue weighted by Crippen LogP contribution is 2.31. The van der Waals surface area contributed by atoms with Crippen LogP contribution in [0.25, 0.3) is 32.8 Å². The van der Waals surface area contributed by atoms with Gasteiger partial charge in [-0.05, 0) is 36.4 Å². The molecule has 0 aliphatic carbocycles. The summed E-state index contributed by atoms with van der Waals surface area (Å²) in [6, 6.07) is 20.1. The summed E-state index contributed by atoms with van der Waals surface area (Å²) in [7, 11) is 0. The number of esters is 1. The van der Waals surface area contributed by atoms with E-state index in [1.807, 2.05) is 30.3 Å². The molecule has 0 amide bonds. The fourth-order valence-corrected chi connectivity index (χ4v) is 3.43. The topological polar surface area (TPSA) is 74.3 Å². The van der Waals surface area contributed by atoms with Crippen LogP contribution in [0.2, 0.25) is 0 Å². The van der Waals surface area contributed by atoms with Gasteiger partial charge in [0.2, 0.25) is 0 Å². The number of hydrogen-bond donors (Lipinski definition) is 0. The second-order valence-electron chi connectivity index (χ2n) is 6.74. The number of fused-ring (bicyclic) bond motifs is 4. The molecule has 0 atom stereocenters. The number of para-hydroxylation sites is 2. The number of aryl methyl sites for hydroxylation is 1. The number of aromatic nitrogens is 2. The van der Waals surface area contributed by atoms with Gasteiger partial charge in [-0.1, -0.05) is 30.3 Å². The second kappa shape index (κ2) is 6.91. The van der Waals surface area contributed by atoms with Crippen LogP contribution in [0.3, 0.4) is 0 Å². The number of nitrogens with zero attached hydrogens (tertiary/aromatic N) is 2. The Morgan fingerprint density at radius 3 is 2.59 bits per heavy atom. The summed E-state index contributed by atoms with van der Waals surface area (Å²) in [5, 5.41) is 2.38. The quantitative estimate of drug-likeness (QED) is 0.341. The maximum Gasteiger partial charge on any atom is 0.312 e. The van der Waals surface area contributed by atoms with Crippen molar-refractivity contribution in [1.82, 2.24) is 9.55 Å². The van der Waals surface area contributed by atoms with Crippen molar-refractivity contribution in [3.63, 3.8) is 0 Å². The van der Waals surface area contributed by atoms with Crippen molar-refractivity contribution in [3.8, 4) is 5.75 Å². The Morgan fingerprint density at radius 2 is 1.69 bits per heavy atom. The van der Waals surface area contributed by atoms with Crippen molar-refractivity contribution in [2.75, 3.05) is 0 Å².